The molecular formula is C9H21NO. The molecule has 0 aromatic carbocycles. The van der Waals surface area contributed by atoms with Crippen LogP contribution in [0.5, 0.6) is 0 Å². The number of hydrogen-bond acceptors (Lipinski definition) is 2. The zero-order chi connectivity index (χ0) is 8.53. The summed E-state index contributed by atoms with van der Waals surface area (Å²) in [6, 6.07) is 0. The van der Waals surface area contributed by atoms with E-state index in [0.29, 0.717) is 0 Å². The van der Waals surface area contributed by atoms with E-state index in [0.717, 1.165) is 13.0 Å². The van der Waals surface area contributed by atoms with E-state index in [9.17, 15) is 0 Å². The number of aliphatic hydroxyl groups is 1. The summed E-state index contributed by atoms with van der Waals surface area (Å²) in [5, 5.41) is 10.2. The van der Waals surface area contributed by atoms with Gasteiger partial charge in [0.05, 0.1) is 0 Å². The van der Waals surface area contributed by atoms with Crippen molar-refractivity contribution in [3.63, 3.8) is 0 Å². The molecular weight excluding hydrogens is 138 g/mol. The van der Waals surface area contributed by atoms with Gasteiger partial charge >= 0.3 is 0 Å². The van der Waals surface area contributed by atoms with Crippen LogP contribution < -0.4 is 5.32 Å². The predicted octanol–water partition coefficient (Wildman–Crippen LogP) is 1.39. The number of rotatable bonds is 2. The molecule has 1 fully saturated rings. The Morgan fingerprint density at radius 3 is 2.18 bits per heavy atom. The molecule has 0 unspecified atom stereocenters. The first-order chi connectivity index (χ1) is 5.43. The van der Waals surface area contributed by atoms with Crippen molar-refractivity contribution in [1.29, 1.82) is 0 Å². The molecule has 0 aromatic rings. The van der Waals surface area contributed by atoms with Crippen molar-refractivity contribution in [2.75, 3.05) is 20.7 Å². The van der Waals surface area contributed by atoms with Crippen LogP contribution in [-0.4, -0.2) is 25.8 Å². The SMILES string of the molecule is CNCC1CCCCC1.CO. The van der Waals surface area contributed by atoms with E-state index in [4.69, 9.17) is 5.11 Å². The molecule has 0 bridgehead atoms. The Kier molecular flexibility index (Phi) is 7.96. The molecule has 1 aliphatic carbocycles. The monoisotopic (exact) mass is 159 g/mol. The number of nitrogens with one attached hydrogen (secondary N) is 1. The van der Waals surface area contributed by atoms with Gasteiger partial charge in [0.1, 0.15) is 0 Å². The van der Waals surface area contributed by atoms with E-state index in [1.54, 1.807) is 0 Å². The molecule has 0 amide bonds. The number of hydrogen-bond donors (Lipinski definition) is 2. The average Bonchev–Trinajstić information content (AvgIpc) is 2.11. The van der Waals surface area contributed by atoms with E-state index in [1.165, 1.54) is 38.6 Å². The highest BCUT2D eigenvalue weighted by Crippen LogP contribution is 2.22. The third kappa shape index (κ3) is 5.22. The normalized spacial score (nSPS) is 18.8. The minimum Gasteiger partial charge on any atom is -0.400 e. The summed E-state index contributed by atoms with van der Waals surface area (Å²) in [6.45, 7) is 1.24. The lowest BCUT2D eigenvalue weighted by molar-refractivity contribution is 0.350. The topological polar surface area (TPSA) is 32.3 Å². The quantitative estimate of drug-likeness (QED) is 0.638. The highest BCUT2D eigenvalue weighted by molar-refractivity contribution is 4.66. The molecule has 2 nitrogen and oxygen atoms in total. The summed E-state index contributed by atoms with van der Waals surface area (Å²) in [4.78, 5) is 0. The molecule has 68 valence electrons. The van der Waals surface area contributed by atoms with Crippen LogP contribution in [-0.2, 0) is 0 Å². The molecule has 11 heavy (non-hydrogen) atoms. The molecule has 1 rings (SSSR count). The van der Waals surface area contributed by atoms with Crippen LogP contribution in [0, 0.1) is 5.92 Å². The molecule has 0 heterocycles. The van der Waals surface area contributed by atoms with Crippen LogP contribution in [0.2, 0.25) is 0 Å². The van der Waals surface area contributed by atoms with Crippen LogP contribution in [0.15, 0.2) is 0 Å². The van der Waals surface area contributed by atoms with Gasteiger partial charge in [-0.15, -0.1) is 0 Å². The Morgan fingerprint density at radius 2 is 1.73 bits per heavy atom. The van der Waals surface area contributed by atoms with Crippen LogP contribution in [0.1, 0.15) is 32.1 Å². The summed E-state index contributed by atoms with van der Waals surface area (Å²) in [7, 11) is 3.05. The first-order valence-electron chi connectivity index (χ1n) is 4.53. The second-order valence-corrected chi connectivity index (χ2v) is 3.06. The maximum Gasteiger partial charge on any atom is 0.0319 e. The van der Waals surface area contributed by atoms with Crippen molar-refractivity contribution in [1.82, 2.24) is 5.32 Å². The van der Waals surface area contributed by atoms with Gasteiger partial charge < -0.3 is 10.4 Å². The maximum absolute atomic E-state index is 7.00. The molecule has 0 aromatic heterocycles. The summed E-state index contributed by atoms with van der Waals surface area (Å²) >= 11 is 0. The summed E-state index contributed by atoms with van der Waals surface area (Å²) in [5.41, 5.74) is 0. The standard InChI is InChI=1S/C8H17N.CH4O/c1-9-7-8-5-3-2-4-6-8;1-2/h8-9H,2-7H2,1H3;2H,1H3. The van der Waals surface area contributed by atoms with Crippen LogP contribution in [0.4, 0.5) is 0 Å². The van der Waals surface area contributed by atoms with Crippen LogP contribution in [0.25, 0.3) is 0 Å². The first-order valence-corrected chi connectivity index (χ1v) is 4.53. The van der Waals surface area contributed by atoms with Gasteiger partial charge in [-0.2, -0.15) is 0 Å². The Morgan fingerprint density at radius 1 is 1.18 bits per heavy atom. The largest absolute Gasteiger partial charge is 0.400 e. The molecule has 2 heteroatoms. The zero-order valence-corrected chi connectivity index (χ0v) is 7.77. The van der Waals surface area contributed by atoms with E-state index in [-0.39, 0.29) is 0 Å². The smallest absolute Gasteiger partial charge is 0.0319 e. The van der Waals surface area contributed by atoms with Gasteiger partial charge in [0.2, 0.25) is 0 Å². The molecule has 0 radical (unpaired) electrons. The Labute approximate surface area is 70.0 Å². The average molecular weight is 159 g/mol. The van der Waals surface area contributed by atoms with Gasteiger partial charge in [0.15, 0.2) is 0 Å². The van der Waals surface area contributed by atoms with Crippen LogP contribution in [0.3, 0.4) is 0 Å². The fourth-order valence-corrected chi connectivity index (χ4v) is 1.68. The van der Waals surface area contributed by atoms with Crippen LogP contribution >= 0.6 is 0 Å². The minimum absolute atomic E-state index is 0.990. The van der Waals surface area contributed by atoms with Gasteiger partial charge in [0.25, 0.3) is 0 Å². The van der Waals surface area contributed by atoms with Gasteiger partial charge in [-0.25, -0.2) is 0 Å². The van der Waals surface area contributed by atoms with Gasteiger partial charge in [-0.1, -0.05) is 19.3 Å². The van der Waals surface area contributed by atoms with E-state index >= 15 is 0 Å². The lowest BCUT2D eigenvalue weighted by atomic mass is 9.89. The van der Waals surface area contributed by atoms with Crippen molar-refractivity contribution >= 4 is 0 Å². The van der Waals surface area contributed by atoms with Crippen molar-refractivity contribution in [2.45, 2.75) is 32.1 Å². The zero-order valence-electron chi connectivity index (χ0n) is 7.77. The second-order valence-electron chi connectivity index (χ2n) is 3.06. The Bertz CT molecular complexity index is 67.2. The fraction of sp³-hybridized carbons (Fsp3) is 1.00. The lowest BCUT2D eigenvalue weighted by Crippen LogP contribution is -2.20. The third-order valence-electron chi connectivity index (χ3n) is 2.22. The van der Waals surface area contributed by atoms with Gasteiger partial charge in [-0.05, 0) is 32.4 Å². The van der Waals surface area contributed by atoms with Crippen molar-refractivity contribution in [3.8, 4) is 0 Å². The molecule has 0 aliphatic heterocycles. The van der Waals surface area contributed by atoms with Gasteiger partial charge in [-0.3, -0.25) is 0 Å². The fourth-order valence-electron chi connectivity index (χ4n) is 1.68. The molecule has 0 atom stereocenters. The predicted molar refractivity (Wildman–Crippen MR) is 48.6 cm³/mol. The van der Waals surface area contributed by atoms with Crippen molar-refractivity contribution in [3.05, 3.63) is 0 Å². The summed E-state index contributed by atoms with van der Waals surface area (Å²) in [5.74, 6) is 0.990. The highest BCUT2D eigenvalue weighted by atomic mass is 16.2. The van der Waals surface area contributed by atoms with E-state index in [1.807, 2.05) is 0 Å². The van der Waals surface area contributed by atoms with E-state index in [2.05, 4.69) is 12.4 Å². The van der Waals surface area contributed by atoms with Gasteiger partial charge in [0, 0.05) is 7.11 Å². The molecule has 1 aliphatic rings. The molecule has 0 spiro atoms. The maximum atomic E-state index is 7.00. The minimum atomic E-state index is 0.990. The van der Waals surface area contributed by atoms with Crippen molar-refractivity contribution in [2.24, 2.45) is 5.92 Å². The first kappa shape index (κ1) is 10.9. The molecule has 2 N–H and O–H groups in total. The Hall–Kier alpha value is -0.0800. The third-order valence-corrected chi connectivity index (χ3v) is 2.22. The van der Waals surface area contributed by atoms with Crippen molar-refractivity contribution < 1.29 is 5.11 Å². The summed E-state index contributed by atoms with van der Waals surface area (Å²) < 4.78 is 0. The Balaban J connectivity index is 0.000000461. The van der Waals surface area contributed by atoms with E-state index < -0.39 is 0 Å². The lowest BCUT2D eigenvalue weighted by Gasteiger charge is -2.20. The summed E-state index contributed by atoms with van der Waals surface area (Å²) in [6.07, 6.45) is 7.32. The second kappa shape index (κ2) is 8.02. The molecule has 1 saturated carbocycles. The number of aliphatic hydroxyl groups excluding tert-OH is 1. The highest BCUT2D eigenvalue weighted by Gasteiger charge is 2.11. The molecule has 0 saturated heterocycles.